The third kappa shape index (κ3) is 1.89. The summed E-state index contributed by atoms with van der Waals surface area (Å²) in [6.45, 7) is 1.93. The van der Waals surface area contributed by atoms with Gasteiger partial charge in [-0.1, -0.05) is 18.5 Å². The highest BCUT2D eigenvalue weighted by molar-refractivity contribution is 7.18. The lowest BCUT2D eigenvalue weighted by Gasteiger charge is -2.07. The second-order valence-corrected chi connectivity index (χ2v) is 4.76. The monoisotopic (exact) mass is 265 g/mol. The van der Waals surface area contributed by atoms with Crippen molar-refractivity contribution in [3.8, 4) is 0 Å². The number of hydrogen-bond donors (Lipinski definition) is 0. The first kappa shape index (κ1) is 11.7. The van der Waals surface area contributed by atoms with Crippen LogP contribution in [0, 0.1) is 0 Å². The Morgan fingerprint density at radius 2 is 2.12 bits per heavy atom. The quantitative estimate of drug-likeness (QED) is 0.738. The summed E-state index contributed by atoms with van der Waals surface area (Å²) in [5, 5.41) is 0.131. The average Bonchev–Trinajstić information content (AvgIpc) is 2.60. The van der Waals surface area contributed by atoms with Crippen molar-refractivity contribution in [1.29, 1.82) is 0 Å². The molecule has 2 aromatic rings. The molecule has 2 rings (SSSR count). The first-order valence-corrected chi connectivity index (χ1v) is 5.77. The van der Waals surface area contributed by atoms with Crippen molar-refractivity contribution < 1.29 is 13.2 Å². The van der Waals surface area contributed by atoms with E-state index in [0.717, 1.165) is 17.5 Å². The van der Waals surface area contributed by atoms with E-state index in [2.05, 4.69) is 4.98 Å². The van der Waals surface area contributed by atoms with Crippen molar-refractivity contribution >= 4 is 33.2 Å². The van der Waals surface area contributed by atoms with E-state index in [0.29, 0.717) is 10.2 Å². The van der Waals surface area contributed by atoms with Crippen LogP contribution >= 0.6 is 22.9 Å². The Morgan fingerprint density at radius 3 is 2.69 bits per heavy atom. The fraction of sp³-hybridized carbons (Fsp3) is 0.300. The van der Waals surface area contributed by atoms with Crippen molar-refractivity contribution in [2.75, 3.05) is 0 Å². The molecule has 2 aromatic heterocycles. The summed E-state index contributed by atoms with van der Waals surface area (Å²) < 4.78 is 37.6. The lowest BCUT2D eigenvalue weighted by atomic mass is 10.2. The van der Waals surface area contributed by atoms with Gasteiger partial charge in [0.1, 0.15) is 4.83 Å². The van der Waals surface area contributed by atoms with Gasteiger partial charge in [0.05, 0.1) is 10.6 Å². The number of aromatic nitrogens is 1. The van der Waals surface area contributed by atoms with Gasteiger partial charge in [0.15, 0.2) is 0 Å². The van der Waals surface area contributed by atoms with Crippen LogP contribution in [0.4, 0.5) is 13.2 Å². The highest BCUT2D eigenvalue weighted by atomic mass is 35.5. The molecule has 1 nitrogen and oxygen atoms in total. The molecule has 0 saturated heterocycles. The lowest BCUT2D eigenvalue weighted by Crippen LogP contribution is -2.06. The number of alkyl halides is 3. The van der Waals surface area contributed by atoms with Crippen LogP contribution in [0.25, 0.3) is 10.2 Å². The van der Waals surface area contributed by atoms with E-state index in [-0.39, 0.29) is 5.02 Å². The average molecular weight is 266 g/mol. The van der Waals surface area contributed by atoms with Gasteiger partial charge < -0.3 is 0 Å². The topological polar surface area (TPSA) is 12.9 Å². The summed E-state index contributed by atoms with van der Waals surface area (Å²) in [7, 11) is 0. The molecule has 0 aromatic carbocycles. The van der Waals surface area contributed by atoms with Gasteiger partial charge in [-0.15, -0.1) is 11.3 Å². The first-order valence-electron chi connectivity index (χ1n) is 4.57. The molecule has 0 aliphatic carbocycles. The summed E-state index contributed by atoms with van der Waals surface area (Å²) in [4.78, 5) is 5.32. The molecule has 0 aliphatic rings. The molecular weight excluding hydrogens is 259 g/mol. The van der Waals surface area contributed by atoms with Crippen LogP contribution in [0.2, 0.25) is 5.02 Å². The van der Waals surface area contributed by atoms with E-state index in [1.165, 1.54) is 11.3 Å². The molecule has 6 heteroatoms. The van der Waals surface area contributed by atoms with Crippen molar-refractivity contribution in [2.45, 2.75) is 19.5 Å². The Hall–Kier alpha value is -0.810. The van der Waals surface area contributed by atoms with Crippen LogP contribution in [0.5, 0.6) is 0 Å². The molecule has 16 heavy (non-hydrogen) atoms. The number of thiophene rings is 1. The Bertz CT molecular complexity index is 533. The van der Waals surface area contributed by atoms with Crippen LogP contribution < -0.4 is 0 Å². The zero-order valence-electron chi connectivity index (χ0n) is 8.23. The Kier molecular flexibility index (Phi) is 2.84. The number of halogens is 4. The minimum absolute atomic E-state index is 0.256. The summed E-state index contributed by atoms with van der Waals surface area (Å²) in [5.74, 6) is 0. The van der Waals surface area contributed by atoms with Gasteiger partial charge in [-0.25, -0.2) is 4.98 Å². The number of aryl methyl sites for hydroxylation is 1. The number of hydrogen-bond acceptors (Lipinski definition) is 2. The maximum absolute atomic E-state index is 12.5. The van der Waals surface area contributed by atoms with Gasteiger partial charge in [-0.3, -0.25) is 0 Å². The first-order chi connectivity index (χ1) is 7.43. The lowest BCUT2D eigenvalue weighted by molar-refractivity contribution is -0.137. The molecule has 0 N–H and O–H groups in total. The third-order valence-electron chi connectivity index (χ3n) is 2.20. The molecule has 86 valence electrons. The minimum atomic E-state index is -4.45. The summed E-state index contributed by atoms with van der Waals surface area (Å²) >= 11 is 7.11. The zero-order chi connectivity index (χ0) is 11.9. The molecule has 0 aliphatic heterocycles. The highest BCUT2D eigenvalue weighted by Crippen LogP contribution is 2.39. The van der Waals surface area contributed by atoms with E-state index < -0.39 is 11.7 Å². The van der Waals surface area contributed by atoms with Gasteiger partial charge >= 0.3 is 6.18 Å². The Labute approximate surface area is 98.9 Å². The standard InChI is InChI=1S/C10H7ClF3NS/c1-2-5-3-6-8(11)7(10(12,13)14)4-15-9(6)16-5/h3-4H,2H2,1H3. The number of fused-ring (bicyclic) bond motifs is 1. The second kappa shape index (κ2) is 3.89. The van der Waals surface area contributed by atoms with Crippen LogP contribution in [0.1, 0.15) is 17.4 Å². The van der Waals surface area contributed by atoms with Crippen LogP contribution in [0.3, 0.4) is 0 Å². The molecule has 2 heterocycles. The summed E-state index contributed by atoms with van der Waals surface area (Å²) in [5.41, 5.74) is -0.873. The van der Waals surface area contributed by atoms with Gasteiger partial charge in [-0.2, -0.15) is 13.2 Å². The molecule has 0 radical (unpaired) electrons. The number of pyridine rings is 1. The maximum Gasteiger partial charge on any atom is 0.419 e. The van der Waals surface area contributed by atoms with Crippen molar-refractivity contribution in [1.82, 2.24) is 4.98 Å². The largest absolute Gasteiger partial charge is 0.419 e. The molecular formula is C10H7ClF3NS. The predicted molar refractivity (Wildman–Crippen MR) is 59.0 cm³/mol. The fourth-order valence-electron chi connectivity index (χ4n) is 1.38. The van der Waals surface area contributed by atoms with E-state index >= 15 is 0 Å². The van der Waals surface area contributed by atoms with E-state index in [1.54, 1.807) is 6.07 Å². The highest BCUT2D eigenvalue weighted by Gasteiger charge is 2.34. The Morgan fingerprint density at radius 1 is 1.44 bits per heavy atom. The van der Waals surface area contributed by atoms with Crippen LogP contribution in [0.15, 0.2) is 12.3 Å². The van der Waals surface area contributed by atoms with E-state index in [4.69, 9.17) is 11.6 Å². The summed E-state index contributed by atoms with van der Waals surface area (Å²) in [6.07, 6.45) is -2.90. The molecule has 0 saturated carbocycles. The molecule has 0 bridgehead atoms. The fourth-order valence-corrected chi connectivity index (χ4v) is 2.68. The van der Waals surface area contributed by atoms with Gasteiger partial charge in [-0.05, 0) is 12.5 Å². The van der Waals surface area contributed by atoms with E-state index in [9.17, 15) is 13.2 Å². The number of rotatable bonds is 1. The molecule has 0 spiro atoms. The van der Waals surface area contributed by atoms with Crippen LogP contribution in [-0.4, -0.2) is 4.98 Å². The van der Waals surface area contributed by atoms with Gasteiger partial charge in [0.2, 0.25) is 0 Å². The SMILES string of the molecule is CCc1cc2c(Cl)c(C(F)(F)F)cnc2s1. The van der Waals surface area contributed by atoms with E-state index in [1.807, 2.05) is 6.92 Å². The number of nitrogens with zero attached hydrogens (tertiary/aromatic N) is 1. The van der Waals surface area contributed by atoms with Gasteiger partial charge in [0, 0.05) is 16.5 Å². The Balaban J connectivity index is 2.69. The normalized spacial score (nSPS) is 12.3. The minimum Gasteiger partial charge on any atom is -0.245 e. The smallest absolute Gasteiger partial charge is 0.245 e. The van der Waals surface area contributed by atoms with Crippen LogP contribution in [-0.2, 0) is 12.6 Å². The molecule has 0 fully saturated rings. The predicted octanol–water partition coefficient (Wildman–Crippen LogP) is 4.53. The molecule has 0 unspecified atom stereocenters. The molecule has 0 atom stereocenters. The maximum atomic E-state index is 12.5. The second-order valence-electron chi connectivity index (χ2n) is 3.27. The van der Waals surface area contributed by atoms with Crippen molar-refractivity contribution in [3.63, 3.8) is 0 Å². The van der Waals surface area contributed by atoms with Gasteiger partial charge in [0.25, 0.3) is 0 Å². The zero-order valence-corrected chi connectivity index (χ0v) is 9.80. The molecule has 0 amide bonds. The van der Waals surface area contributed by atoms with Crippen molar-refractivity contribution in [3.05, 3.63) is 27.7 Å². The van der Waals surface area contributed by atoms with Crippen molar-refractivity contribution in [2.24, 2.45) is 0 Å². The third-order valence-corrected chi connectivity index (χ3v) is 3.80. The summed E-state index contributed by atoms with van der Waals surface area (Å²) in [6, 6.07) is 1.67.